The molecule has 5 heteroatoms. The Morgan fingerprint density at radius 1 is 1.16 bits per heavy atom. The second kappa shape index (κ2) is 5.48. The van der Waals surface area contributed by atoms with Crippen LogP contribution in [0.25, 0.3) is 0 Å². The molecule has 2 aromatic rings. The molecule has 19 heavy (non-hydrogen) atoms. The molecule has 3 nitrogen and oxygen atoms in total. The first kappa shape index (κ1) is 13.0. The maximum atomic E-state index is 13.0. The molecule has 2 aromatic carbocycles. The molecule has 0 fully saturated rings. The summed E-state index contributed by atoms with van der Waals surface area (Å²) in [5, 5.41) is 2.61. The van der Waals surface area contributed by atoms with Gasteiger partial charge >= 0.3 is 0 Å². The van der Waals surface area contributed by atoms with Crippen molar-refractivity contribution in [1.82, 2.24) is 5.32 Å². The van der Waals surface area contributed by atoms with Gasteiger partial charge in [0.1, 0.15) is 11.6 Å². The number of nitrogens with one attached hydrogen (secondary N) is 1. The maximum absolute atomic E-state index is 13.0. The molecular weight excluding hydrogens is 250 g/mol. The molecule has 0 atom stereocenters. The summed E-state index contributed by atoms with van der Waals surface area (Å²) in [6, 6.07) is 9.65. The van der Waals surface area contributed by atoms with Crippen LogP contribution in [0.3, 0.4) is 0 Å². The van der Waals surface area contributed by atoms with Gasteiger partial charge in [0.15, 0.2) is 0 Å². The lowest BCUT2D eigenvalue weighted by Gasteiger charge is -2.06. The van der Waals surface area contributed by atoms with Crippen LogP contribution in [0.2, 0.25) is 0 Å². The monoisotopic (exact) mass is 262 g/mol. The molecule has 2 rings (SSSR count). The summed E-state index contributed by atoms with van der Waals surface area (Å²) in [6.07, 6.45) is 0. The van der Waals surface area contributed by atoms with Crippen LogP contribution in [0.15, 0.2) is 42.5 Å². The molecule has 0 aliphatic heterocycles. The summed E-state index contributed by atoms with van der Waals surface area (Å²) in [4.78, 5) is 11.8. The fourth-order valence-electron chi connectivity index (χ4n) is 1.62. The zero-order valence-corrected chi connectivity index (χ0v) is 9.99. The van der Waals surface area contributed by atoms with Gasteiger partial charge in [-0.3, -0.25) is 4.79 Å². The molecule has 0 spiro atoms. The Balaban J connectivity index is 2.03. The molecule has 0 bridgehead atoms. The minimum atomic E-state index is -0.568. The van der Waals surface area contributed by atoms with Crippen molar-refractivity contribution in [2.45, 2.75) is 6.54 Å². The van der Waals surface area contributed by atoms with E-state index >= 15 is 0 Å². The summed E-state index contributed by atoms with van der Waals surface area (Å²) in [5.74, 6) is -1.32. The van der Waals surface area contributed by atoms with Crippen molar-refractivity contribution in [2.75, 3.05) is 5.73 Å². The number of hydrogen-bond acceptors (Lipinski definition) is 2. The van der Waals surface area contributed by atoms with E-state index < -0.39 is 11.7 Å². The van der Waals surface area contributed by atoms with Crippen molar-refractivity contribution in [2.24, 2.45) is 0 Å². The Hall–Kier alpha value is -2.43. The standard InChI is InChI=1S/C14H12F2N2O/c15-11-3-1-2-9(6-11)8-18-14(19)10-4-5-12(16)13(17)7-10/h1-7H,8,17H2,(H,18,19). The number of hydrogen-bond donors (Lipinski definition) is 2. The van der Waals surface area contributed by atoms with Crippen molar-refractivity contribution >= 4 is 11.6 Å². The molecule has 0 unspecified atom stereocenters. The van der Waals surface area contributed by atoms with Gasteiger partial charge < -0.3 is 11.1 Å². The molecule has 0 saturated heterocycles. The second-order valence-corrected chi connectivity index (χ2v) is 4.05. The minimum Gasteiger partial charge on any atom is -0.396 e. The van der Waals surface area contributed by atoms with E-state index in [1.165, 1.54) is 24.3 Å². The molecule has 0 aliphatic rings. The Morgan fingerprint density at radius 3 is 2.63 bits per heavy atom. The predicted molar refractivity (Wildman–Crippen MR) is 68.4 cm³/mol. The van der Waals surface area contributed by atoms with Gasteiger partial charge in [-0.25, -0.2) is 8.78 Å². The summed E-state index contributed by atoms with van der Waals surface area (Å²) < 4.78 is 25.9. The normalized spacial score (nSPS) is 10.2. The number of anilines is 1. The van der Waals surface area contributed by atoms with E-state index in [2.05, 4.69) is 5.32 Å². The molecule has 98 valence electrons. The van der Waals surface area contributed by atoms with Gasteiger partial charge in [0.05, 0.1) is 5.69 Å². The molecule has 0 heterocycles. The van der Waals surface area contributed by atoms with Crippen LogP contribution in [-0.2, 0) is 6.54 Å². The lowest BCUT2D eigenvalue weighted by atomic mass is 10.1. The minimum absolute atomic E-state index is 0.0848. The van der Waals surface area contributed by atoms with Crippen LogP contribution in [-0.4, -0.2) is 5.91 Å². The lowest BCUT2D eigenvalue weighted by Crippen LogP contribution is -2.23. The summed E-state index contributed by atoms with van der Waals surface area (Å²) in [7, 11) is 0. The zero-order valence-electron chi connectivity index (χ0n) is 9.99. The molecule has 0 radical (unpaired) electrons. The molecule has 0 saturated carbocycles. The average molecular weight is 262 g/mol. The quantitative estimate of drug-likeness (QED) is 0.835. The largest absolute Gasteiger partial charge is 0.396 e. The van der Waals surface area contributed by atoms with E-state index in [-0.39, 0.29) is 23.6 Å². The van der Waals surface area contributed by atoms with Crippen molar-refractivity contribution < 1.29 is 13.6 Å². The fourth-order valence-corrected chi connectivity index (χ4v) is 1.62. The molecule has 0 aliphatic carbocycles. The number of amides is 1. The lowest BCUT2D eigenvalue weighted by molar-refractivity contribution is 0.0951. The highest BCUT2D eigenvalue weighted by molar-refractivity contribution is 5.94. The summed E-state index contributed by atoms with van der Waals surface area (Å²) in [5.41, 5.74) is 6.20. The Labute approximate surface area is 109 Å². The van der Waals surface area contributed by atoms with Gasteiger partial charge in [-0.2, -0.15) is 0 Å². The zero-order chi connectivity index (χ0) is 13.8. The van der Waals surface area contributed by atoms with Crippen LogP contribution in [0.4, 0.5) is 14.5 Å². The van der Waals surface area contributed by atoms with Gasteiger partial charge in [-0.1, -0.05) is 12.1 Å². The number of carbonyl (C=O) groups is 1. The maximum Gasteiger partial charge on any atom is 0.251 e. The molecule has 0 aromatic heterocycles. The topological polar surface area (TPSA) is 55.1 Å². The first-order chi connectivity index (χ1) is 9.06. The number of benzene rings is 2. The number of carbonyl (C=O) groups excluding carboxylic acids is 1. The SMILES string of the molecule is Nc1cc(C(=O)NCc2cccc(F)c2)ccc1F. The fraction of sp³-hybridized carbons (Fsp3) is 0.0714. The van der Waals surface area contributed by atoms with Crippen LogP contribution in [0, 0.1) is 11.6 Å². The molecular formula is C14H12F2N2O. The van der Waals surface area contributed by atoms with E-state index in [4.69, 9.17) is 5.73 Å². The Bertz CT molecular complexity index is 614. The Morgan fingerprint density at radius 2 is 1.95 bits per heavy atom. The highest BCUT2D eigenvalue weighted by Gasteiger charge is 2.08. The van der Waals surface area contributed by atoms with Crippen LogP contribution >= 0.6 is 0 Å². The van der Waals surface area contributed by atoms with Crippen molar-refractivity contribution in [3.05, 3.63) is 65.2 Å². The van der Waals surface area contributed by atoms with Crippen molar-refractivity contribution in [3.63, 3.8) is 0 Å². The number of nitrogens with two attached hydrogens (primary N) is 1. The van der Waals surface area contributed by atoms with Gasteiger partial charge in [0.25, 0.3) is 5.91 Å². The number of nitrogen functional groups attached to an aromatic ring is 1. The van der Waals surface area contributed by atoms with Crippen LogP contribution in [0.5, 0.6) is 0 Å². The van der Waals surface area contributed by atoms with E-state index in [9.17, 15) is 13.6 Å². The number of halogens is 2. The third-order valence-corrected chi connectivity index (χ3v) is 2.60. The Kier molecular flexibility index (Phi) is 3.75. The van der Waals surface area contributed by atoms with Crippen LogP contribution in [0.1, 0.15) is 15.9 Å². The molecule has 1 amide bonds. The predicted octanol–water partition coefficient (Wildman–Crippen LogP) is 2.48. The van der Waals surface area contributed by atoms with Gasteiger partial charge in [-0.15, -0.1) is 0 Å². The van der Waals surface area contributed by atoms with Gasteiger partial charge in [0.2, 0.25) is 0 Å². The van der Waals surface area contributed by atoms with E-state index in [0.29, 0.717) is 5.56 Å². The molecule has 3 N–H and O–H groups in total. The van der Waals surface area contributed by atoms with E-state index in [0.717, 1.165) is 6.07 Å². The summed E-state index contributed by atoms with van der Waals surface area (Å²) in [6.45, 7) is 0.188. The van der Waals surface area contributed by atoms with Crippen molar-refractivity contribution in [3.8, 4) is 0 Å². The summed E-state index contributed by atoms with van der Waals surface area (Å²) >= 11 is 0. The third kappa shape index (κ3) is 3.28. The van der Waals surface area contributed by atoms with E-state index in [1.807, 2.05) is 0 Å². The first-order valence-corrected chi connectivity index (χ1v) is 5.64. The van der Waals surface area contributed by atoms with E-state index in [1.54, 1.807) is 12.1 Å². The first-order valence-electron chi connectivity index (χ1n) is 5.64. The smallest absolute Gasteiger partial charge is 0.251 e. The highest BCUT2D eigenvalue weighted by atomic mass is 19.1. The average Bonchev–Trinajstić information content (AvgIpc) is 2.39. The second-order valence-electron chi connectivity index (χ2n) is 4.05. The third-order valence-electron chi connectivity index (χ3n) is 2.60. The van der Waals surface area contributed by atoms with Crippen LogP contribution < -0.4 is 11.1 Å². The van der Waals surface area contributed by atoms with Gasteiger partial charge in [0, 0.05) is 12.1 Å². The highest BCUT2D eigenvalue weighted by Crippen LogP contribution is 2.12. The van der Waals surface area contributed by atoms with Crippen molar-refractivity contribution in [1.29, 1.82) is 0 Å². The van der Waals surface area contributed by atoms with Gasteiger partial charge in [-0.05, 0) is 35.9 Å². The number of rotatable bonds is 3.